The van der Waals surface area contributed by atoms with E-state index in [4.69, 9.17) is 9.47 Å². The van der Waals surface area contributed by atoms with Crippen molar-refractivity contribution in [2.75, 3.05) is 43.4 Å². The van der Waals surface area contributed by atoms with Crippen LogP contribution in [0.3, 0.4) is 0 Å². The third-order valence-corrected chi connectivity index (χ3v) is 6.71. The van der Waals surface area contributed by atoms with Crippen LogP contribution in [0.1, 0.15) is 24.3 Å². The normalized spacial score (nSPS) is 14.1. The van der Waals surface area contributed by atoms with Crippen molar-refractivity contribution in [2.24, 2.45) is 0 Å². The summed E-state index contributed by atoms with van der Waals surface area (Å²) in [6, 6.07) is 14.2. The van der Waals surface area contributed by atoms with Crippen LogP contribution in [0.25, 0.3) is 11.0 Å². The van der Waals surface area contributed by atoms with E-state index in [-0.39, 0.29) is 17.4 Å². The number of nitrogens with zero attached hydrogens (tertiary/aromatic N) is 4. The number of nitrogens with one attached hydrogen (secondary N) is 3. The number of H-pyrrole nitrogens is 1. The number of halogens is 2. The second-order valence-corrected chi connectivity index (χ2v) is 9.63. The van der Waals surface area contributed by atoms with Crippen molar-refractivity contribution in [3.05, 3.63) is 60.4 Å². The minimum absolute atomic E-state index is 0.110. The molecule has 3 heterocycles. The Hall–Kier alpha value is -4.45. The van der Waals surface area contributed by atoms with Gasteiger partial charge in [-0.3, -0.25) is 14.7 Å². The Labute approximate surface area is 230 Å². The molecule has 5 rings (SSSR count). The van der Waals surface area contributed by atoms with Crippen molar-refractivity contribution in [2.45, 2.75) is 26.5 Å². The summed E-state index contributed by atoms with van der Waals surface area (Å²) in [7, 11) is 1.53. The number of anilines is 3. The van der Waals surface area contributed by atoms with E-state index in [9.17, 15) is 13.6 Å². The molecule has 12 heteroatoms. The highest BCUT2D eigenvalue weighted by molar-refractivity contribution is 5.92. The summed E-state index contributed by atoms with van der Waals surface area (Å²) < 4.78 is 37.4. The number of piperazine rings is 1. The number of aromatic amines is 1. The first-order valence-corrected chi connectivity index (χ1v) is 13.0. The van der Waals surface area contributed by atoms with Gasteiger partial charge in [0.1, 0.15) is 17.2 Å². The number of hydrogen-bond acceptors (Lipinski definition) is 8. The highest BCUT2D eigenvalue weighted by Gasteiger charge is 2.23. The predicted molar refractivity (Wildman–Crippen MR) is 149 cm³/mol. The summed E-state index contributed by atoms with van der Waals surface area (Å²) in [5.41, 5.74) is 2.81. The average Bonchev–Trinajstić information content (AvgIpc) is 3.34. The highest BCUT2D eigenvalue weighted by Crippen LogP contribution is 2.35. The number of alkyl halides is 2. The number of imidazole rings is 1. The molecule has 1 saturated heterocycles. The van der Waals surface area contributed by atoms with Gasteiger partial charge in [0, 0.05) is 69.4 Å². The SMILES string of the molecule is CNC(=O)c1cc(Oc2ccc3[nH]c(Nc4ccc(N5CCN(C(C)C)CC5)c(OC(F)F)c4)nc3c2)ccn1. The number of carbonyl (C=O) groups is 1. The Kier molecular flexibility index (Phi) is 7.96. The van der Waals surface area contributed by atoms with Gasteiger partial charge in [-0.05, 0) is 44.2 Å². The van der Waals surface area contributed by atoms with E-state index in [1.165, 1.54) is 13.2 Å². The van der Waals surface area contributed by atoms with Crippen LogP contribution in [0.2, 0.25) is 0 Å². The Morgan fingerprint density at radius 3 is 2.52 bits per heavy atom. The summed E-state index contributed by atoms with van der Waals surface area (Å²) in [6.45, 7) is 4.52. The molecule has 1 amide bonds. The van der Waals surface area contributed by atoms with Crippen LogP contribution in [-0.4, -0.2) is 71.6 Å². The lowest BCUT2D eigenvalue weighted by Crippen LogP contribution is -2.49. The zero-order chi connectivity index (χ0) is 28.2. The van der Waals surface area contributed by atoms with Gasteiger partial charge in [0.2, 0.25) is 5.95 Å². The lowest BCUT2D eigenvalue weighted by molar-refractivity contribution is -0.0495. The second kappa shape index (κ2) is 11.7. The molecule has 40 heavy (non-hydrogen) atoms. The first kappa shape index (κ1) is 27.1. The van der Waals surface area contributed by atoms with Gasteiger partial charge >= 0.3 is 6.61 Å². The number of benzene rings is 2. The van der Waals surface area contributed by atoms with Gasteiger partial charge in [-0.2, -0.15) is 8.78 Å². The molecule has 0 atom stereocenters. The van der Waals surface area contributed by atoms with Crippen molar-refractivity contribution >= 4 is 34.3 Å². The third kappa shape index (κ3) is 6.23. The molecular weight excluding hydrogens is 520 g/mol. The number of rotatable bonds is 9. The minimum atomic E-state index is -2.94. The zero-order valence-electron chi connectivity index (χ0n) is 22.4. The lowest BCUT2D eigenvalue weighted by atomic mass is 10.2. The summed E-state index contributed by atoms with van der Waals surface area (Å²) in [5, 5.41) is 5.67. The standard InChI is InChI=1S/C28H31F2N7O3/c1-17(2)36-10-12-37(13-11-36)24-7-4-18(14-25(24)40-27(29)30)33-28-34-21-6-5-19(15-22(21)35-28)39-20-8-9-32-23(16-20)26(38)31-3/h4-9,14-17,27H,10-13H2,1-3H3,(H,31,38)(H2,33,34,35). The first-order chi connectivity index (χ1) is 19.3. The maximum Gasteiger partial charge on any atom is 0.387 e. The van der Waals surface area contributed by atoms with E-state index in [1.807, 2.05) is 12.1 Å². The molecule has 2 aromatic heterocycles. The average molecular weight is 552 g/mol. The Balaban J connectivity index is 1.32. The zero-order valence-corrected chi connectivity index (χ0v) is 22.4. The van der Waals surface area contributed by atoms with E-state index in [0.29, 0.717) is 40.4 Å². The largest absolute Gasteiger partial charge is 0.457 e. The molecule has 1 fully saturated rings. The number of pyridine rings is 1. The minimum Gasteiger partial charge on any atom is -0.457 e. The summed E-state index contributed by atoms with van der Waals surface area (Å²) >= 11 is 0. The molecule has 1 aliphatic heterocycles. The molecule has 0 radical (unpaired) electrons. The quantitative estimate of drug-likeness (QED) is 0.267. The number of fused-ring (bicyclic) bond motifs is 1. The topological polar surface area (TPSA) is 108 Å². The van der Waals surface area contributed by atoms with Crippen LogP contribution in [-0.2, 0) is 0 Å². The molecule has 0 saturated carbocycles. The number of aromatic nitrogens is 3. The van der Waals surface area contributed by atoms with Crippen molar-refractivity contribution in [3.8, 4) is 17.2 Å². The predicted octanol–water partition coefficient (Wildman–Crippen LogP) is 4.99. The molecule has 0 bridgehead atoms. The van der Waals surface area contributed by atoms with Crippen molar-refractivity contribution < 1.29 is 23.0 Å². The van der Waals surface area contributed by atoms with Crippen LogP contribution in [0.5, 0.6) is 17.2 Å². The summed E-state index contributed by atoms with van der Waals surface area (Å²) in [6.07, 6.45) is 1.50. The van der Waals surface area contributed by atoms with E-state index >= 15 is 0 Å². The van der Waals surface area contributed by atoms with Crippen molar-refractivity contribution in [1.82, 2.24) is 25.2 Å². The fourth-order valence-electron chi connectivity index (χ4n) is 4.63. The summed E-state index contributed by atoms with van der Waals surface area (Å²) in [4.78, 5) is 28.1. The van der Waals surface area contributed by atoms with E-state index in [2.05, 4.69) is 49.2 Å². The van der Waals surface area contributed by atoms with Gasteiger partial charge in [-0.25, -0.2) is 4.98 Å². The molecule has 4 aromatic rings. The van der Waals surface area contributed by atoms with Crippen molar-refractivity contribution in [1.29, 1.82) is 0 Å². The Morgan fingerprint density at radius 1 is 1.02 bits per heavy atom. The Bertz CT molecular complexity index is 1490. The molecule has 0 aliphatic carbocycles. The fourth-order valence-corrected chi connectivity index (χ4v) is 4.63. The van der Waals surface area contributed by atoms with Crippen LogP contribution in [0.4, 0.5) is 26.1 Å². The van der Waals surface area contributed by atoms with Gasteiger partial charge in [0.25, 0.3) is 5.91 Å². The maximum atomic E-state index is 13.3. The lowest BCUT2D eigenvalue weighted by Gasteiger charge is -2.38. The third-order valence-electron chi connectivity index (χ3n) is 6.71. The van der Waals surface area contributed by atoms with Crippen LogP contribution >= 0.6 is 0 Å². The molecule has 3 N–H and O–H groups in total. The number of hydrogen-bond donors (Lipinski definition) is 3. The molecule has 0 spiro atoms. The number of ether oxygens (including phenoxy) is 2. The van der Waals surface area contributed by atoms with Crippen LogP contribution in [0, 0.1) is 0 Å². The fraction of sp³-hybridized carbons (Fsp3) is 0.321. The summed E-state index contributed by atoms with van der Waals surface area (Å²) in [5.74, 6) is 1.21. The monoisotopic (exact) mass is 551 g/mol. The number of carbonyl (C=O) groups excluding carboxylic acids is 1. The van der Waals surface area contributed by atoms with Gasteiger partial charge in [-0.15, -0.1) is 0 Å². The molecule has 10 nitrogen and oxygen atoms in total. The smallest absolute Gasteiger partial charge is 0.387 e. The highest BCUT2D eigenvalue weighted by atomic mass is 19.3. The van der Waals surface area contributed by atoms with Gasteiger partial charge in [0.15, 0.2) is 5.75 Å². The molecule has 1 aliphatic rings. The van der Waals surface area contributed by atoms with Gasteiger partial charge in [-0.1, -0.05) is 0 Å². The van der Waals surface area contributed by atoms with E-state index < -0.39 is 6.61 Å². The van der Waals surface area contributed by atoms with Crippen LogP contribution < -0.4 is 25.0 Å². The molecular formula is C28H31F2N7O3. The van der Waals surface area contributed by atoms with Crippen LogP contribution in [0.15, 0.2) is 54.7 Å². The van der Waals surface area contributed by atoms with Gasteiger partial charge < -0.3 is 30.0 Å². The first-order valence-electron chi connectivity index (χ1n) is 13.0. The second-order valence-electron chi connectivity index (χ2n) is 9.63. The Morgan fingerprint density at radius 2 is 1.80 bits per heavy atom. The maximum absolute atomic E-state index is 13.3. The molecule has 2 aromatic carbocycles. The molecule has 0 unspecified atom stereocenters. The number of amides is 1. The van der Waals surface area contributed by atoms with Gasteiger partial charge in [0.05, 0.1) is 16.7 Å². The molecule has 210 valence electrons. The van der Waals surface area contributed by atoms with E-state index in [0.717, 1.165) is 31.7 Å². The van der Waals surface area contributed by atoms with Crippen molar-refractivity contribution in [3.63, 3.8) is 0 Å². The van der Waals surface area contributed by atoms with E-state index in [1.54, 1.807) is 36.4 Å².